The summed E-state index contributed by atoms with van der Waals surface area (Å²) in [6.07, 6.45) is 1.74. The number of nitrogens with one attached hydrogen (secondary N) is 1. The Labute approximate surface area is 364 Å². The van der Waals surface area contributed by atoms with Gasteiger partial charge in [0.1, 0.15) is 24.4 Å². The van der Waals surface area contributed by atoms with E-state index in [4.69, 9.17) is 79.2 Å². The normalized spacial score (nSPS) is 27.3. The SMILES string of the molecule is CC1(C)O[C@@H]2[C@H](O1)[C@@H](OCCO)C[C@H]2N.CCCSc1nc(Cl)c([N+](=O)[O-])c(Cl)n1.CCCSc1nc(Cl)c([N+](=O)[O-])c(N[C@@H]2C[C@H](OCCO)[C@H]3OC(C)(C)O[C@H]32)n1. The maximum absolute atomic E-state index is 11.6. The molecule has 0 aromatic carbocycles. The Morgan fingerprint density at radius 2 is 1.17 bits per heavy atom. The first kappa shape index (κ1) is 49.6. The third-order valence-electron chi connectivity index (χ3n) is 8.87. The van der Waals surface area contributed by atoms with E-state index >= 15 is 0 Å². The molecule has 0 unspecified atom stereocenters. The van der Waals surface area contributed by atoms with Gasteiger partial charge in [0.2, 0.25) is 21.3 Å². The van der Waals surface area contributed by atoms with Crippen LogP contribution in [0, 0.1) is 20.2 Å². The van der Waals surface area contributed by atoms with Gasteiger partial charge < -0.3 is 49.7 Å². The predicted octanol–water partition coefficient (Wildman–Crippen LogP) is 5.43. The van der Waals surface area contributed by atoms with E-state index in [2.05, 4.69) is 25.3 Å². The van der Waals surface area contributed by atoms with Crippen molar-refractivity contribution in [3.63, 3.8) is 0 Å². The number of nitrogens with two attached hydrogens (primary N) is 1. The highest BCUT2D eigenvalue weighted by molar-refractivity contribution is 7.99. The van der Waals surface area contributed by atoms with Gasteiger partial charge in [0, 0.05) is 17.5 Å². The van der Waals surface area contributed by atoms with Crippen LogP contribution in [0.5, 0.6) is 0 Å². The van der Waals surface area contributed by atoms with Crippen LogP contribution in [-0.2, 0) is 28.4 Å². The largest absolute Gasteiger partial charge is 0.394 e. The first-order valence-electron chi connectivity index (χ1n) is 18.9. The quantitative estimate of drug-likeness (QED) is 0.0537. The van der Waals surface area contributed by atoms with Gasteiger partial charge in [-0.05, 0) is 53.4 Å². The van der Waals surface area contributed by atoms with Crippen molar-refractivity contribution in [1.29, 1.82) is 0 Å². The summed E-state index contributed by atoms with van der Waals surface area (Å²) in [5, 5.41) is 43.1. The molecule has 4 heterocycles. The number of aliphatic hydroxyl groups excluding tert-OH is 2. The van der Waals surface area contributed by atoms with Crippen LogP contribution in [-0.4, -0.2) is 138 Å². The number of anilines is 1. The second-order valence-corrected chi connectivity index (χ2v) is 17.6. The summed E-state index contributed by atoms with van der Waals surface area (Å²) >= 11 is 20.1. The topological polar surface area (TPSA) is 272 Å². The van der Waals surface area contributed by atoms with E-state index in [-0.39, 0.29) is 89.4 Å². The number of fused-ring (bicyclic) bond motifs is 2. The van der Waals surface area contributed by atoms with Gasteiger partial charge in [0.25, 0.3) is 0 Å². The summed E-state index contributed by atoms with van der Waals surface area (Å²) in [7, 11) is 0. The molecular weight excluding hydrogens is 883 g/mol. The standard InChI is InChI=1S/C17H25ClN4O6S.C10H19NO4.C7H7Cl2N3O2S/c1-4-7-29-16-20-14(18)11(22(24)25)15(21-16)19-9-8-10(26-6-5-23)13-12(9)27-17(2,3)28-13;1-10(2)14-8-6(11)5-7(9(8)15-10)13-4-3-12;1-2-3-15-7-10-5(8)4(12(13)14)6(9)11-7/h9-10,12-13,23H,4-8H2,1-3H3,(H,19,20,21);6-9,12H,3-5,11H2,1-2H3;2-3H2,1H3/t9-,10+,12+,13-;6-,7+,8+,9-;/m11./s1. The molecule has 20 nitrogen and oxygen atoms in total. The highest BCUT2D eigenvalue weighted by Crippen LogP contribution is 2.43. The van der Waals surface area contributed by atoms with Crippen LogP contribution in [0.15, 0.2) is 10.3 Å². The van der Waals surface area contributed by atoms with Crippen LogP contribution < -0.4 is 11.1 Å². The molecule has 2 saturated carbocycles. The Kier molecular flexibility index (Phi) is 18.8. The van der Waals surface area contributed by atoms with Gasteiger partial charge in [-0.25, -0.2) is 15.0 Å². The lowest BCUT2D eigenvalue weighted by atomic mass is 10.2. The molecule has 25 heteroatoms. The highest BCUT2D eigenvalue weighted by Gasteiger charge is 2.55. The van der Waals surface area contributed by atoms with E-state index in [0.29, 0.717) is 23.3 Å². The van der Waals surface area contributed by atoms with Crippen LogP contribution in [0.3, 0.4) is 0 Å². The number of ether oxygens (including phenoxy) is 6. The molecule has 8 atom stereocenters. The molecule has 0 radical (unpaired) electrons. The molecule has 5 N–H and O–H groups in total. The minimum Gasteiger partial charge on any atom is -0.394 e. The Balaban J connectivity index is 0.000000215. The molecule has 0 amide bonds. The number of nitrogens with zero attached hydrogens (tertiary/aromatic N) is 6. The molecule has 6 rings (SSSR count). The first-order valence-corrected chi connectivity index (χ1v) is 22.0. The summed E-state index contributed by atoms with van der Waals surface area (Å²) in [5.41, 5.74) is 5.14. The zero-order chi connectivity index (χ0) is 43.7. The second kappa shape index (κ2) is 22.4. The molecular formula is C34H51Cl3N8O12S2. The molecule has 2 aliphatic heterocycles. The van der Waals surface area contributed by atoms with Crippen molar-refractivity contribution >= 4 is 75.5 Å². The van der Waals surface area contributed by atoms with Crippen molar-refractivity contribution in [2.24, 2.45) is 5.73 Å². The molecule has 0 bridgehead atoms. The molecule has 4 aliphatic rings. The predicted molar refractivity (Wildman–Crippen MR) is 220 cm³/mol. The molecule has 2 aliphatic carbocycles. The van der Waals surface area contributed by atoms with Crippen LogP contribution in [0.2, 0.25) is 15.5 Å². The van der Waals surface area contributed by atoms with Crippen molar-refractivity contribution in [3.8, 4) is 0 Å². The zero-order valence-electron chi connectivity index (χ0n) is 33.4. The number of rotatable bonds is 16. The van der Waals surface area contributed by atoms with Crippen molar-refractivity contribution in [2.45, 2.75) is 138 Å². The number of nitro groups is 2. The maximum Gasteiger partial charge on any atom is 0.348 e. The number of hydrogen-bond donors (Lipinski definition) is 4. The monoisotopic (exact) mass is 932 g/mol. The van der Waals surface area contributed by atoms with Gasteiger partial charge in [0.05, 0.1) is 54.5 Å². The van der Waals surface area contributed by atoms with E-state index in [1.165, 1.54) is 23.5 Å². The average Bonchev–Trinajstić information content (AvgIpc) is 3.84. The van der Waals surface area contributed by atoms with E-state index in [0.717, 1.165) is 30.8 Å². The fraction of sp³-hybridized carbons (Fsp3) is 0.765. The second-order valence-electron chi connectivity index (χ2n) is 14.4. The lowest BCUT2D eigenvalue weighted by Gasteiger charge is -2.24. The van der Waals surface area contributed by atoms with Gasteiger partial charge in [0.15, 0.2) is 21.9 Å². The fourth-order valence-electron chi connectivity index (χ4n) is 6.68. The molecule has 2 saturated heterocycles. The van der Waals surface area contributed by atoms with Gasteiger partial charge in [-0.15, -0.1) is 0 Å². The molecule has 332 valence electrons. The summed E-state index contributed by atoms with van der Waals surface area (Å²) in [5.74, 6) is 0.240. The molecule has 0 spiro atoms. The Morgan fingerprint density at radius 3 is 1.64 bits per heavy atom. The minimum absolute atomic E-state index is 0.0212. The lowest BCUT2D eigenvalue weighted by Crippen LogP contribution is -2.35. The third-order valence-corrected chi connectivity index (χ3v) is 11.8. The van der Waals surface area contributed by atoms with Gasteiger partial charge >= 0.3 is 11.4 Å². The van der Waals surface area contributed by atoms with Crippen LogP contribution in [0.25, 0.3) is 0 Å². The van der Waals surface area contributed by atoms with E-state index in [1.807, 2.05) is 27.7 Å². The lowest BCUT2D eigenvalue weighted by molar-refractivity contribution is -0.385. The van der Waals surface area contributed by atoms with Gasteiger partial charge in [-0.1, -0.05) is 72.2 Å². The smallest absolute Gasteiger partial charge is 0.348 e. The first-order chi connectivity index (χ1) is 27.8. The summed E-state index contributed by atoms with van der Waals surface area (Å²) in [4.78, 5) is 36.7. The highest BCUT2D eigenvalue weighted by atomic mass is 35.5. The number of halogens is 3. The molecule has 2 aromatic heterocycles. The van der Waals surface area contributed by atoms with Crippen molar-refractivity contribution in [1.82, 2.24) is 19.9 Å². The van der Waals surface area contributed by atoms with E-state index in [9.17, 15) is 20.2 Å². The van der Waals surface area contributed by atoms with E-state index in [1.54, 1.807) is 13.8 Å². The number of aliphatic hydroxyl groups is 2. The molecule has 4 fully saturated rings. The summed E-state index contributed by atoms with van der Waals surface area (Å²) < 4.78 is 34.6. The zero-order valence-corrected chi connectivity index (χ0v) is 37.3. The van der Waals surface area contributed by atoms with Crippen LogP contribution in [0.4, 0.5) is 17.2 Å². The minimum atomic E-state index is -0.812. The van der Waals surface area contributed by atoms with Crippen LogP contribution >= 0.6 is 58.3 Å². The van der Waals surface area contributed by atoms with Crippen molar-refractivity contribution in [2.75, 3.05) is 43.3 Å². The van der Waals surface area contributed by atoms with Crippen molar-refractivity contribution in [3.05, 3.63) is 35.7 Å². The number of aromatic nitrogens is 4. The Hall–Kier alpha value is -2.03. The number of thioether (sulfide) groups is 2. The Morgan fingerprint density at radius 1 is 0.746 bits per heavy atom. The Bertz CT molecular complexity index is 1720. The number of hydrogen-bond acceptors (Lipinski definition) is 20. The maximum atomic E-state index is 11.6. The van der Waals surface area contributed by atoms with Crippen LogP contribution in [0.1, 0.15) is 67.2 Å². The molecule has 59 heavy (non-hydrogen) atoms. The summed E-state index contributed by atoms with van der Waals surface area (Å²) in [6, 6.07) is -0.389. The summed E-state index contributed by atoms with van der Waals surface area (Å²) in [6.45, 7) is 11.8. The van der Waals surface area contributed by atoms with Gasteiger partial charge in [-0.2, -0.15) is 4.98 Å². The third kappa shape index (κ3) is 13.5. The average molecular weight is 934 g/mol. The van der Waals surface area contributed by atoms with Gasteiger partial charge in [-0.3, -0.25) is 20.2 Å². The fourth-order valence-corrected chi connectivity index (χ4v) is 8.99. The van der Waals surface area contributed by atoms with Crippen molar-refractivity contribution < 1.29 is 48.5 Å². The molecule has 2 aromatic rings. The van der Waals surface area contributed by atoms with E-state index < -0.39 is 33.2 Å².